The van der Waals surface area contributed by atoms with Gasteiger partial charge in [-0.05, 0) is 18.2 Å². The number of rotatable bonds is 3. The number of carbonyl (C=O) groups excluding carboxylic acids is 1. The quantitative estimate of drug-likeness (QED) is 0.684. The van der Waals surface area contributed by atoms with Crippen molar-refractivity contribution in [2.24, 2.45) is 0 Å². The Morgan fingerprint density at radius 3 is 2.79 bits per heavy atom. The summed E-state index contributed by atoms with van der Waals surface area (Å²) in [6.07, 6.45) is 0.408. The first-order chi connectivity index (χ1) is 6.72. The zero-order valence-corrected chi connectivity index (χ0v) is 8.20. The average Bonchev–Trinajstić information content (AvgIpc) is 2.27. The Morgan fingerprint density at radius 1 is 1.57 bits per heavy atom. The van der Waals surface area contributed by atoms with E-state index >= 15 is 0 Å². The Labute approximate surface area is 82.9 Å². The molecule has 1 rings (SSSR count). The molecule has 0 aliphatic rings. The third-order valence-electron chi connectivity index (χ3n) is 1.95. The molecule has 14 heavy (non-hydrogen) atoms. The molecule has 0 N–H and O–H groups in total. The molecule has 0 aliphatic carbocycles. The minimum Gasteiger partial charge on any atom is -0.496 e. The maximum Gasteiger partial charge on any atom is 0.166 e. The maximum absolute atomic E-state index is 11.5. The summed E-state index contributed by atoms with van der Waals surface area (Å²) in [4.78, 5) is 11.5. The van der Waals surface area contributed by atoms with E-state index in [0.29, 0.717) is 23.3 Å². The molecule has 0 unspecified atom stereocenters. The normalized spacial score (nSPS) is 9.21. The number of ether oxygens (including phenoxy) is 1. The van der Waals surface area contributed by atoms with Gasteiger partial charge in [-0.2, -0.15) is 5.26 Å². The van der Waals surface area contributed by atoms with Gasteiger partial charge in [-0.3, -0.25) is 4.79 Å². The summed E-state index contributed by atoms with van der Waals surface area (Å²) in [5, 5.41) is 8.68. The number of nitriles is 1. The number of hydrogen-bond donors (Lipinski definition) is 0. The Kier molecular flexibility index (Phi) is 3.24. The van der Waals surface area contributed by atoms with Gasteiger partial charge < -0.3 is 4.74 Å². The van der Waals surface area contributed by atoms with Gasteiger partial charge in [0.1, 0.15) is 5.75 Å². The predicted molar refractivity (Wildman–Crippen MR) is 52.3 cm³/mol. The number of Topliss-reactive ketones (excluding diaryl/α,β-unsaturated/α-hetero) is 1. The molecule has 0 fully saturated rings. The number of benzene rings is 1. The molecule has 0 bridgehead atoms. The summed E-state index contributed by atoms with van der Waals surface area (Å²) >= 11 is 0. The first kappa shape index (κ1) is 10.3. The Balaban J connectivity index is 3.23. The van der Waals surface area contributed by atoms with Crippen molar-refractivity contribution in [2.75, 3.05) is 7.11 Å². The van der Waals surface area contributed by atoms with Crippen molar-refractivity contribution in [3.05, 3.63) is 29.3 Å². The highest BCUT2D eigenvalue weighted by Crippen LogP contribution is 2.20. The lowest BCUT2D eigenvalue weighted by Crippen LogP contribution is -2.00. The van der Waals surface area contributed by atoms with Crippen molar-refractivity contribution >= 4 is 5.78 Å². The van der Waals surface area contributed by atoms with E-state index in [2.05, 4.69) is 0 Å². The molecule has 0 saturated carbocycles. The monoisotopic (exact) mass is 189 g/mol. The fourth-order valence-electron chi connectivity index (χ4n) is 1.19. The second-order valence-electron chi connectivity index (χ2n) is 2.80. The summed E-state index contributed by atoms with van der Waals surface area (Å²) < 4.78 is 5.04. The van der Waals surface area contributed by atoms with Gasteiger partial charge in [-0.25, -0.2) is 0 Å². The predicted octanol–water partition coefficient (Wildman–Crippen LogP) is 2.16. The highest BCUT2D eigenvalue weighted by Gasteiger charge is 2.10. The minimum atomic E-state index is -0.0149. The lowest BCUT2D eigenvalue weighted by Gasteiger charge is -2.06. The summed E-state index contributed by atoms with van der Waals surface area (Å²) in [6, 6.07) is 6.82. The molecule has 0 saturated heterocycles. The van der Waals surface area contributed by atoms with Crippen LogP contribution in [0, 0.1) is 11.3 Å². The van der Waals surface area contributed by atoms with Crippen molar-refractivity contribution in [3.8, 4) is 11.8 Å². The Bertz CT molecular complexity index is 391. The van der Waals surface area contributed by atoms with E-state index in [1.165, 1.54) is 7.11 Å². The van der Waals surface area contributed by atoms with E-state index in [1.54, 1.807) is 25.1 Å². The lowest BCUT2D eigenvalue weighted by atomic mass is 10.0. The molecular formula is C11H11NO2. The maximum atomic E-state index is 11.5. The standard InChI is InChI=1S/C11H11NO2/c1-3-10(13)9-6-8(7-12)4-5-11(9)14-2/h4-6H,3H2,1-2H3. The fourth-order valence-corrected chi connectivity index (χ4v) is 1.19. The highest BCUT2D eigenvalue weighted by atomic mass is 16.5. The topological polar surface area (TPSA) is 50.1 Å². The van der Waals surface area contributed by atoms with E-state index in [0.717, 1.165) is 0 Å². The van der Waals surface area contributed by atoms with E-state index in [-0.39, 0.29) is 5.78 Å². The molecular weight excluding hydrogens is 178 g/mol. The van der Waals surface area contributed by atoms with Crippen LogP contribution in [0.5, 0.6) is 5.75 Å². The zero-order valence-electron chi connectivity index (χ0n) is 8.20. The van der Waals surface area contributed by atoms with E-state index in [1.807, 2.05) is 6.07 Å². The van der Waals surface area contributed by atoms with Gasteiger partial charge in [0, 0.05) is 6.42 Å². The van der Waals surface area contributed by atoms with Crippen LogP contribution in [0.25, 0.3) is 0 Å². The zero-order chi connectivity index (χ0) is 10.6. The van der Waals surface area contributed by atoms with Crippen LogP contribution in [-0.4, -0.2) is 12.9 Å². The van der Waals surface area contributed by atoms with Gasteiger partial charge in [-0.15, -0.1) is 0 Å². The molecule has 0 radical (unpaired) electrons. The lowest BCUT2D eigenvalue weighted by molar-refractivity contribution is 0.0985. The molecule has 1 aromatic rings. The van der Waals surface area contributed by atoms with Crippen molar-refractivity contribution in [1.29, 1.82) is 5.26 Å². The SMILES string of the molecule is CCC(=O)c1cc(C#N)ccc1OC. The van der Waals surface area contributed by atoms with Gasteiger partial charge >= 0.3 is 0 Å². The van der Waals surface area contributed by atoms with Crippen molar-refractivity contribution in [1.82, 2.24) is 0 Å². The van der Waals surface area contributed by atoms with Crippen LogP contribution in [0.4, 0.5) is 0 Å². The summed E-state index contributed by atoms with van der Waals surface area (Å²) in [5.41, 5.74) is 0.955. The number of nitrogens with zero attached hydrogens (tertiary/aromatic N) is 1. The Hall–Kier alpha value is -1.82. The second-order valence-corrected chi connectivity index (χ2v) is 2.80. The summed E-state index contributed by atoms with van der Waals surface area (Å²) in [6.45, 7) is 1.78. The molecule has 1 aromatic carbocycles. The number of hydrogen-bond acceptors (Lipinski definition) is 3. The molecule has 3 heteroatoms. The second kappa shape index (κ2) is 4.43. The van der Waals surface area contributed by atoms with E-state index < -0.39 is 0 Å². The number of methoxy groups -OCH3 is 1. The first-order valence-corrected chi connectivity index (χ1v) is 4.34. The van der Waals surface area contributed by atoms with Crippen LogP contribution < -0.4 is 4.74 Å². The highest BCUT2D eigenvalue weighted by molar-refractivity contribution is 5.98. The van der Waals surface area contributed by atoms with Crippen LogP contribution in [-0.2, 0) is 0 Å². The molecule has 0 aromatic heterocycles. The molecule has 72 valence electrons. The molecule has 0 spiro atoms. The van der Waals surface area contributed by atoms with Gasteiger partial charge in [0.15, 0.2) is 5.78 Å². The first-order valence-electron chi connectivity index (χ1n) is 4.34. The van der Waals surface area contributed by atoms with Crippen molar-refractivity contribution in [2.45, 2.75) is 13.3 Å². The largest absolute Gasteiger partial charge is 0.496 e. The third-order valence-corrected chi connectivity index (χ3v) is 1.95. The van der Waals surface area contributed by atoms with Crippen molar-refractivity contribution < 1.29 is 9.53 Å². The van der Waals surface area contributed by atoms with E-state index in [9.17, 15) is 4.79 Å². The average molecular weight is 189 g/mol. The summed E-state index contributed by atoms with van der Waals surface area (Å²) in [5.74, 6) is 0.509. The van der Waals surface area contributed by atoms with E-state index in [4.69, 9.17) is 10.00 Å². The third kappa shape index (κ3) is 1.91. The van der Waals surface area contributed by atoms with Crippen molar-refractivity contribution in [3.63, 3.8) is 0 Å². The smallest absolute Gasteiger partial charge is 0.166 e. The summed E-state index contributed by atoms with van der Waals surface area (Å²) in [7, 11) is 1.51. The molecule has 0 amide bonds. The van der Waals surface area contributed by atoms with Gasteiger partial charge in [-0.1, -0.05) is 6.92 Å². The molecule has 0 aliphatic heterocycles. The number of ketones is 1. The molecule has 3 nitrogen and oxygen atoms in total. The molecule has 0 atom stereocenters. The Morgan fingerprint density at radius 2 is 2.29 bits per heavy atom. The minimum absolute atomic E-state index is 0.0149. The van der Waals surface area contributed by atoms with Gasteiger partial charge in [0.25, 0.3) is 0 Å². The fraction of sp³-hybridized carbons (Fsp3) is 0.273. The van der Waals surface area contributed by atoms with Crippen LogP contribution >= 0.6 is 0 Å². The van der Waals surface area contributed by atoms with Crippen LogP contribution in [0.3, 0.4) is 0 Å². The van der Waals surface area contributed by atoms with Gasteiger partial charge in [0.2, 0.25) is 0 Å². The van der Waals surface area contributed by atoms with Crippen LogP contribution in [0.1, 0.15) is 29.3 Å². The van der Waals surface area contributed by atoms with Crippen LogP contribution in [0.15, 0.2) is 18.2 Å². The number of carbonyl (C=O) groups is 1. The molecule has 0 heterocycles. The van der Waals surface area contributed by atoms with Gasteiger partial charge in [0.05, 0.1) is 24.3 Å². The van der Waals surface area contributed by atoms with Crippen LogP contribution in [0.2, 0.25) is 0 Å².